The summed E-state index contributed by atoms with van der Waals surface area (Å²) in [5, 5.41) is 0. The van der Waals surface area contributed by atoms with Gasteiger partial charge in [0, 0.05) is 24.9 Å². The van der Waals surface area contributed by atoms with Crippen LogP contribution in [0.1, 0.15) is 34.0 Å². The molecule has 0 unspecified atom stereocenters. The van der Waals surface area contributed by atoms with Gasteiger partial charge in [0.25, 0.3) is 0 Å². The number of hydrogen-bond donors (Lipinski definition) is 0. The van der Waals surface area contributed by atoms with Gasteiger partial charge in [-0.25, -0.2) is 4.39 Å². The number of ether oxygens (including phenoxy) is 2. The van der Waals surface area contributed by atoms with Gasteiger partial charge in [0.15, 0.2) is 5.78 Å². The van der Waals surface area contributed by atoms with Crippen molar-refractivity contribution in [1.82, 2.24) is 4.98 Å². The van der Waals surface area contributed by atoms with Gasteiger partial charge >= 0.3 is 0 Å². The number of halogens is 1. The Bertz CT molecular complexity index is 926. The summed E-state index contributed by atoms with van der Waals surface area (Å²) in [5.41, 5.74) is 2.28. The van der Waals surface area contributed by atoms with Gasteiger partial charge in [-0.2, -0.15) is 0 Å². The van der Waals surface area contributed by atoms with E-state index in [1.165, 1.54) is 12.1 Å². The van der Waals surface area contributed by atoms with E-state index in [9.17, 15) is 9.18 Å². The van der Waals surface area contributed by atoms with Gasteiger partial charge in [0.2, 0.25) is 0 Å². The molecule has 26 heavy (non-hydrogen) atoms. The zero-order valence-electron chi connectivity index (χ0n) is 13.9. The highest BCUT2D eigenvalue weighted by Gasteiger charge is 2.21. The van der Waals surface area contributed by atoms with Crippen molar-refractivity contribution in [2.45, 2.75) is 12.5 Å². The minimum atomic E-state index is -0.434. The minimum absolute atomic E-state index is 0.0713. The molecule has 0 fully saturated rings. The molecule has 0 aliphatic carbocycles. The molecule has 0 spiro atoms. The van der Waals surface area contributed by atoms with Gasteiger partial charge in [-0.15, -0.1) is 0 Å². The molecule has 1 aromatic heterocycles. The Kier molecular flexibility index (Phi) is 4.35. The van der Waals surface area contributed by atoms with Crippen molar-refractivity contribution in [1.29, 1.82) is 0 Å². The first kappa shape index (κ1) is 16.3. The Morgan fingerprint density at radius 2 is 1.73 bits per heavy atom. The molecule has 2 heterocycles. The number of rotatable bonds is 4. The number of fused-ring (bicyclic) bond motifs is 1. The lowest BCUT2D eigenvalue weighted by Crippen LogP contribution is -2.15. The number of benzene rings is 2. The Hall–Kier alpha value is -3.21. The maximum atomic E-state index is 13.3. The maximum absolute atomic E-state index is 13.3. The Labute approximate surface area is 150 Å². The van der Waals surface area contributed by atoms with Gasteiger partial charge in [-0.3, -0.25) is 9.78 Å². The first-order chi connectivity index (χ1) is 12.7. The van der Waals surface area contributed by atoms with Crippen molar-refractivity contribution in [2.24, 2.45) is 0 Å². The second-order valence-electron chi connectivity index (χ2n) is 6.01. The highest BCUT2D eigenvalue weighted by molar-refractivity contribution is 5.99. The summed E-state index contributed by atoms with van der Waals surface area (Å²) in [5.74, 6) is 0.876. The number of pyridine rings is 1. The summed E-state index contributed by atoms with van der Waals surface area (Å²) < 4.78 is 25.1. The molecule has 2 aromatic carbocycles. The highest BCUT2D eigenvalue weighted by Crippen LogP contribution is 2.33. The number of carbonyl (C=O) groups is 1. The standard InChI is InChI=1S/C21H16FNO3/c22-16-3-1-14(2-4-16)21(15-7-10-23-11-8-15)26-17-5-6-18-19(24)9-12-25-20(18)13-17/h1-8,10-11,13,21H,9,12H2/t21-/m0/s1. The third kappa shape index (κ3) is 3.28. The van der Waals surface area contributed by atoms with E-state index in [2.05, 4.69) is 4.98 Å². The third-order valence-electron chi connectivity index (χ3n) is 4.28. The molecule has 0 amide bonds. The lowest BCUT2D eigenvalue weighted by Gasteiger charge is -2.22. The molecule has 0 bridgehead atoms. The largest absolute Gasteiger partial charge is 0.492 e. The van der Waals surface area contributed by atoms with Gasteiger partial charge in [0.05, 0.1) is 12.2 Å². The summed E-state index contributed by atoms with van der Waals surface area (Å²) in [4.78, 5) is 16.0. The maximum Gasteiger partial charge on any atom is 0.169 e. The van der Waals surface area contributed by atoms with Crippen LogP contribution >= 0.6 is 0 Å². The summed E-state index contributed by atoms with van der Waals surface area (Å²) in [6.07, 6.45) is 3.33. The lowest BCUT2D eigenvalue weighted by atomic mass is 10.0. The molecule has 130 valence electrons. The molecule has 0 N–H and O–H groups in total. The zero-order valence-corrected chi connectivity index (χ0v) is 13.9. The summed E-state index contributed by atoms with van der Waals surface area (Å²) >= 11 is 0. The van der Waals surface area contributed by atoms with Crippen molar-refractivity contribution in [2.75, 3.05) is 6.61 Å². The fourth-order valence-electron chi connectivity index (χ4n) is 2.95. The fraction of sp³-hybridized carbons (Fsp3) is 0.143. The number of carbonyl (C=O) groups excluding carboxylic acids is 1. The normalized spacial score (nSPS) is 14.3. The van der Waals surface area contributed by atoms with Crippen LogP contribution in [0.3, 0.4) is 0 Å². The molecule has 0 radical (unpaired) electrons. The second-order valence-corrected chi connectivity index (χ2v) is 6.01. The van der Waals surface area contributed by atoms with Gasteiger partial charge < -0.3 is 9.47 Å². The molecular formula is C21H16FNO3. The fourth-order valence-corrected chi connectivity index (χ4v) is 2.95. The van der Waals surface area contributed by atoms with Crippen LogP contribution in [0.25, 0.3) is 0 Å². The van der Waals surface area contributed by atoms with Crippen LogP contribution in [0.15, 0.2) is 67.0 Å². The predicted molar refractivity (Wildman–Crippen MR) is 94.0 cm³/mol. The van der Waals surface area contributed by atoms with E-state index >= 15 is 0 Å². The second kappa shape index (κ2) is 6.96. The van der Waals surface area contributed by atoms with Crippen molar-refractivity contribution < 1.29 is 18.7 Å². The van der Waals surface area contributed by atoms with Crippen LogP contribution in [-0.2, 0) is 0 Å². The van der Waals surface area contributed by atoms with Crippen LogP contribution < -0.4 is 9.47 Å². The molecule has 3 aromatic rings. The lowest BCUT2D eigenvalue weighted by molar-refractivity contribution is 0.0933. The Morgan fingerprint density at radius 3 is 2.50 bits per heavy atom. The molecule has 4 rings (SSSR count). The number of aromatic nitrogens is 1. The summed E-state index contributed by atoms with van der Waals surface area (Å²) in [6.45, 7) is 0.376. The first-order valence-corrected chi connectivity index (χ1v) is 8.33. The van der Waals surface area contributed by atoms with Gasteiger partial charge in [-0.1, -0.05) is 12.1 Å². The molecule has 1 aliphatic rings. The molecule has 0 saturated heterocycles. The van der Waals surface area contributed by atoms with Crippen molar-refractivity contribution in [3.05, 3.63) is 89.5 Å². The van der Waals surface area contributed by atoms with E-state index in [1.54, 1.807) is 42.7 Å². The van der Waals surface area contributed by atoms with Crippen molar-refractivity contribution in [3.63, 3.8) is 0 Å². The minimum Gasteiger partial charge on any atom is -0.492 e. The molecule has 4 nitrogen and oxygen atoms in total. The van der Waals surface area contributed by atoms with E-state index in [1.807, 2.05) is 12.1 Å². The van der Waals surface area contributed by atoms with Crippen LogP contribution in [0, 0.1) is 5.82 Å². The van der Waals surface area contributed by atoms with E-state index < -0.39 is 6.10 Å². The average Bonchev–Trinajstić information content (AvgIpc) is 2.68. The monoisotopic (exact) mass is 349 g/mol. The first-order valence-electron chi connectivity index (χ1n) is 8.33. The van der Waals surface area contributed by atoms with Crippen LogP contribution in [-0.4, -0.2) is 17.4 Å². The molecule has 1 atom stereocenters. The van der Waals surface area contributed by atoms with E-state index in [4.69, 9.17) is 9.47 Å². The van der Waals surface area contributed by atoms with Gasteiger partial charge in [-0.05, 0) is 47.5 Å². The zero-order chi connectivity index (χ0) is 17.9. The molecular weight excluding hydrogens is 333 g/mol. The number of nitrogens with zero attached hydrogens (tertiary/aromatic N) is 1. The van der Waals surface area contributed by atoms with E-state index in [-0.39, 0.29) is 11.6 Å². The summed E-state index contributed by atoms with van der Waals surface area (Å²) in [7, 11) is 0. The SMILES string of the molecule is O=C1CCOc2cc(O[C@H](c3ccncc3)c3ccc(F)cc3)ccc21. The Balaban J connectivity index is 1.69. The number of Topliss-reactive ketones (excluding diaryl/α,β-unsaturated/α-hetero) is 1. The number of hydrogen-bond acceptors (Lipinski definition) is 4. The van der Waals surface area contributed by atoms with Crippen molar-refractivity contribution >= 4 is 5.78 Å². The van der Waals surface area contributed by atoms with Gasteiger partial charge in [0.1, 0.15) is 23.4 Å². The third-order valence-corrected chi connectivity index (χ3v) is 4.28. The van der Waals surface area contributed by atoms with E-state index in [0.29, 0.717) is 30.1 Å². The van der Waals surface area contributed by atoms with Crippen LogP contribution in [0.5, 0.6) is 11.5 Å². The topological polar surface area (TPSA) is 48.4 Å². The molecule has 0 saturated carbocycles. The van der Waals surface area contributed by atoms with Crippen molar-refractivity contribution in [3.8, 4) is 11.5 Å². The highest BCUT2D eigenvalue weighted by atomic mass is 19.1. The van der Waals surface area contributed by atoms with Crippen LogP contribution in [0.4, 0.5) is 4.39 Å². The summed E-state index contributed by atoms with van der Waals surface area (Å²) in [6, 6.07) is 15.1. The molecule has 5 heteroatoms. The predicted octanol–water partition coefficient (Wildman–Crippen LogP) is 4.35. The number of ketones is 1. The van der Waals surface area contributed by atoms with Crippen LogP contribution in [0.2, 0.25) is 0 Å². The average molecular weight is 349 g/mol. The van der Waals surface area contributed by atoms with E-state index in [0.717, 1.165) is 11.1 Å². The quantitative estimate of drug-likeness (QED) is 0.702. The smallest absolute Gasteiger partial charge is 0.169 e. The molecule has 1 aliphatic heterocycles. The Morgan fingerprint density at radius 1 is 1.00 bits per heavy atom.